The summed E-state index contributed by atoms with van der Waals surface area (Å²) in [7, 11) is 3.11. The zero-order valence-corrected chi connectivity index (χ0v) is 25.3. The highest BCUT2D eigenvalue weighted by Gasteiger charge is 2.31. The van der Waals surface area contributed by atoms with Crippen LogP contribution in [0.2, 0.25) is 0 Å². The van der Waals surface area contributed by atoms with Crippen LogP contribution in [0.25, 0.3) is 16.6 Å². The molecule has 0 saturated carbocycles. The summed E-state index contributed by atoms with van der Waals surface area (Å²) >= 11 is 0. The Morgan fingerprint density at radius 2 is 1.80 bits per heavy atom. The second-order valence-electron chi connectivity index (χ2n) is 9.33. The van der Waals surface area contributed by atoms with Gasteiger partial charge in [-0.15, -0.1) is 13.2 Å². The molecular weight excluding hydrogens is 595 g/mol. The molecule has 0 bridgehead atoms. The van der Waals surface area contributed by atoms with Gasteiger partial charge in [0.05, 0.1) is 44.8 Å². The first-order chi connectivity index (χ1) is 21.6. The zero-order chi connectivity index (χ0) is 32.6. The molecule has 14 heteroatoms. The lowest BCUT2D eigenvalue weighted by Gasteiger charge is -2.12. The van der Waals surface area contributed by atoms with Crippen molar-refractivity contribution in [2.24, 2.45) is 4.99 Å². The molecule has 2 aromatic carbocycles. The largest absolute Gasteiger partial charge is 0.573 e. The lowest BCUT2D eigenvalue weighted by molar-refractivity contribution is -0.274. The standard InChI is InChI=1S/C31H32F3N5O6/c1-6-28(36-12-8-14-44-24-11-13-35-22-17-26(42-5)25(41-4)16-21(22)24)37-30(40)29-27(43-7-2)18-39(38-29)23-10-9-20(15-19(23)3)45-31(32,33)34/h6,9-13,15-18H,7-8,14H2,1-5H3,(H,37,40)/b28-6+,36-12-. The number of nitrogens with zero attached hydrogens (tertiary/aromatic N) is 4. The molecule has 1 amide bonds. The van der Waals surface area contributed by atoms with Gasteiger partial charge < -0.3 is 29.0 Å². The number of halogens is 3. The molecule has 2 aromatic heterocycles. The van der Waals surface area contributed by atoms with Gasteiger partial charge in [-0.1, -0.05) is 0 Å². The maximum atomic E-state index is 13.2. The Balaban J connectivity index is 1.41. The minimum absolute atomic E-state index is 0.0265. The Labute approximate surface area is 257 Å². The number of ether oxygens (including phenoxy) is 5. The molecule has 45 heavy (non-hydrogen) atoms. The van der Waals surface area contributed by atoms with Crippen molar-refractivity contribution in [1.29, 1.82) is 0 Å². The van der Waals surface area contributed by atoms with Gasteiger partial charge in [0, 0.05) is 30.3 Å². The fourth-order valence-corrected chi connectivity index (χ4v) is 4.29. The lowest BCUT2D eigenvalue weighted by atomic mass is 10.2. The predicted octanol–water partition coefficient (Wildman–Crippen LogP) is 6.17. The van der Waals surface area contributed by atoms with Crippen LogP contribution in [0.5, 0.6) is 28.7 Å². The van der Waals surface area contributed by atoms with E-state index in [9.17, 15) is 18.0 Å². The summed E-state index contributed by atoms with van der Waals surface area (Å²) in [5.74, 6) is 1.25. The fourth-order valence-electron chi connectivity index (χ4n) is 4.29. The van der Waals surface area contributed by atoms with Gasteiger partial charge in [0.15, 0.2) is 22.9 Å². The van der Waals surface area contributed by atoms with Gasteiger partial charge in [0.2, 0.25) is 0 Å². The van der Waals surface area contributed by atoms with Gasteiger partial charge in [-0.25, -0.2) is 9.67 Å². The molecule has 4 aromatic rings. The van der Waals surface area contributed by atoms with Gasteiger partial charge in [0.1, 0.15) is 17.3 Å². The van der Waals surface area contributed by atoms with E-state index in [1.807, 2.05) is 0 Å². The van der Waals surface area contributed by atoms with Crippen LogP contribution >= 0.6 is 0 Å². The average Bonchev–Trinajstić information content (AvgIpc) is 3.42. The zero-order valence-electron chi connectivity index (χ0n) is 25.3. The molecule has 0 aliphatic heterocycles. The Bertz CT molecular complexity index is 1720. The normalized spacial score (nSPS) is 12.0. The molecule has 0 aliphatic carbocycles. The predicted molar refractivity (Wildman–Crippen MR) is 161 cm³/mol. The van der Waals surface area contributed by atoms with Gasteiger partial charge in [-0.2, -0.15) is 5.10 Å². The van der Waals surface area contributed by atoms with E-state index in [1.54, 1.807) is 71.7 Å². The number of aromatic nitrogens is 3. The average molecular weight is 628 g/mol. The second kappa shape index (κ2) is 14.5. The first-order valence-electron chi connectivity index (χ1n) is 13.8. The summed E-state index contributed by atoms with van der Waals surface area (Å²) in [6.45, 7) is 5.61. The minimum atomic E-state index is -4.81. The summed E-state index contributed by atoms with van der Waals surface area (Å²) in [6.07, 6.45) is 1.96. The van der Waals surface area contributed by atoms with E-state index < -0.39 is 12.3 Å². The Morgan fingerprint density at radius 1 is 1.04 bits per heavy atom. The molecule has 0 spiro atoms. The Hall–Kier alpha value is -5.27. The minimum Gasteiger partial charge on any atom is -0.493 e. The highest BCUT2D eigenvalue weighted by Crippen LogP contribution is 2.35. The molecule has 0 fully saturated rings. The van der Waals surface area contributed by atoms with Crippen molar-refractivity contribution in [3.8, 4) is 34.4 Å². The molecule has 238 valence electrons. The fraction of sp³-hybridized carbons (Fsp3) is 0.290. The molecule has 0 atom stereocenters. The molecule has 0 aliphatic rings. The third kappa shape index (κ3) is 8.22. The van der Waals surface area contributed by atoms with Crippen LogP contribution in [0.15, 0.2) is 65.7 Å². The van der Waals surface area contributed by atoms with Gasteiger partial charge in [-0.3, -0.25) is 9.78 Å². The van der Waals surface area contributed by atoms with Crippen LogP contribution in [0, 0.1) is 6.92 Å². The monoisotopic (exact) mass is 627 g/mol. The van der Waals surface area contributed by atoms with Crippen LogP contribution in [0.1, 0.15) is 36.3 Å². The number of allylic oxidation sites excluding steroid dienone is 1. The number of hydrogen-bond donors (Lipinski definition) is 1. The van der Waals surface area contributed by atoms with E-state index in [-0.39, 0.29) is 29.6 Å². The van der Waals surface area contributed by atoms with E-state index in [2.05, 4.69) is 25.1 Å². The number of carbonyl (C=O) groups excluding carboxylic acids is 1. The van der Waals surface area contributed by atoms with E-state index in [1.165, 1.54) is 29.1 Å². The van der Waals surface area contributed by atoms with Crippen molar-refractivity contribution in [3.63, 3.8) is 0 Å². The maximum Gasteiger partial charge on any atom is 0.573 e. The van der Waals surface area contributed by atoms with Crippen LogP contribution in [-0.4, -0.2) is 60.7 Å². The van der Waals surface area contributed by atoms with Gasteiger partial charge in [-0.05, 0) is 62.7 Å². The van der Waals surface area contributed by atoms with Crippen LogP contribution in [0.3, 0.4) is 0 Å². The molecule has 4 rings (SSSR count). The number of alkyl halides is 3. The van der Waals surface area contributed by atoms with Crippen molar-refractivity contribution >= 4 is 23.0 Å². The molecule has 0 radical (unpaired) electrons. The second-order valence-corrected chi connectivity index (χ2v) is 9.33. The molecule has 11 nitrogen and oxygen atoms in total. The number of aryl methyl sites for hydroxylation is 1. The summed E-state index contributed by atoms with van der Waals surface area (Å²) in [6, 6.07) is 9.13. The topological polar surface area (TPSA) is 118 Å². The number of benzene rings is 2. The van der Waals surface area contributed by atoms with Crippen molar-refractivity contribution in [3.05, 3.63) is 71.9 Å². The summed E-state index contributed by atoms with van der Waals surface area (Å²) in [5, 5.41) is 7.80. The number of amides is 1. The van der Waals surface area contributed by atoms with Crippen LogP contribution in [0.4, 0.5) is 13.2 Å². The van der Waals surface area contributed by atoms with Crippen LogP contribution < -0.4 is 29.0 Å². The quantitative estimate of drug-likeness (QED) is 0.138. The first kappa shape index (κ1) is 32.6. The molecule has 2 heterocycles. The van der Waals surface area contributed by atoms with E-state index in [4.69, 9.17) is 18.9 Å². The van der Waals surface area contributed by atoms with Gasteiger partial charge in [0.25, 0.3) is 5.91 Å². The number of hydrogen-bond acceptors (Lipinski definition) is 9. The summed E-state index contributed by atoms with van der Waals surface area (Å²) in [4.78, 5) is 21.9. The number of rotatable bonds is 13. The first-order valence-corrected chi connectivity index (χ1v) is 13.8. The molecule has 1 N–H and O–H groups in total. The lowest BCUT2D eigenvalue weighted by Crippen LogP contribution is -2.23. The SMILES string of the molecule is C/C=C(\N=C/CCOc1ccnc2cc(OC)c(OC)cc12)NC(=O)c1nn(-c2ccc(OC(F)(F)F)cc2C)cc1OCC. The number of methoxy groups -OCH3 is 2. The number of nitrogens with one attached hydrogen (secondary N) is 1. The molecule has 0 saturated heterocycles. The third-order valence-corrected chi connectivity index (χ3v) is 6.30. The van der Waals surface area contributed by atoms with Gasteiger partial charge >= 0.3 is 6.36 Å². The van der Waals surface area contributed by atoms with E-state index >= 15 is 0 Å². The van der Waals surface area contributed by atoms with Crippen molar-refractivity contribution < 1.29 is 41.7 Å². The Morgan fingerprint density at radius 3 is 2.47 bits per heavy atom. The number of carbonyl (C=O) groups is 1. The smallest absolute Gasteiger partial charge is 0.493 e. The summed E-state index contributed by atoms with van der Waals surface area (Å²) in [5.41, 5.74) is 1.54. The molecular formula is C31H32F3N5O6. The number of aliphatic imine (C=N–C) groups is 1. The van der Waals surface area contributed by atoms with Crippen molar-refractivity contribution in [2.45, 2.75) is 33.6 Å². The van der Waals surface area contributed by atoms with Crippen molar-refractivity contribution in [1.82, 2.24) is 20.1 Å². The highest BCUT2D eigenvalue weighted by atomic mass is 19.4. The van der Waals surface area contributed by atoms with E-state index in [0.717, 1.165) is 5.39 Å². The number of pyridine rings is 1. The summed E-state index contributed by atoms with van der Waals surface area (Å²) < 4.78 is 65.5. The maximum absolute atomic E-state index is 13.2. The Kier molecular flexibility index (Phi) is 10.5. The van der Waals surface area contributed by atoms with E-state index in [0.29, 0.717) is 47.0 Å². The highest BCUT2D eigenvalue weighted by molar-refractivity contribution is 5.96. The third-order valence-electron chi connectivity index (χ3n) is 6.30. The van der Waals surface area contributed by atoms with Crippen molar-refractivity contribution in [2.75, 3.05) is 27.4 Å². The van der Waals surface area contributed by atoms with Crippen LogP contribution in [-0.2, 0) is 0 Å². The molecule has 0 unspecified atom stereocenters. The number of fused-ring (bicyclic) bond motifs is 1.